The van der Waals surface area contributed by atoms with Gasteiger partial charge in [0.25, 0.3) is 0 Å². The highest BCUT2D eigenvalue weighted by Crippen LogP contribution is 2.45. The Bertz CT molecular complexity index is 1090. The van der Waals surface area contributed by atoms with E-state index in [1.54, 1.807) is 13.0 Å². The Labute approximate surface area is 182 Å². The van der Waals surface area contributed by atoms with E-state index in [4.69, 9.17) is 23.3 Å². The fourth-order valence-corrected chi connectivity index (χ4v) is 5.73. The molecule has 2 atom stereocenters. The SMILES string of the molecule is [C-]#[N+]c1ccc(N2N=C3c4ccc(C(C)=O)cc4CC[C@@H]3[C@@H]2C2CCCC2)cc1Cl. The monoisotopic (exact) mass is 417 g/mol. The molecular formula is C25H24ClN3O. The lowest BCUT2D eigenvalue weighted by Crippen LogP contribution is -2.40. The summed E-state index contributed by atoms with van der Waals surface area (Å²) in [6, 6.07) is 12.1. The zero-order valence-electron chi connectivity index (χ0n) is 17.1. The van der Waals surface area contributed by atoms with Gasteiger partial charge in [0.05, 0.1) is 24.0 Å². The second kappa shape index (κ2) is 7.56. The summed E-state index contributed by atoms with van der Waals surface area (Å²) < 4.78 is 0. The van der Waals surface area contributed by atoms with Crippen LogP contribution < -0.4 is 5.01 Å². The van der Waals surface area contributed by atoms with Gasteiger partial charge in [-0.05, 0) is 62.3 Å². The predicted octanol–water partition coefficient (Wildman–Crippen LogP) is 6.44. The molecule has 0 aromatic heterocycles. The van der Waals surface area contributed by atoms with Gasteiger partial charge >= 0.3 is 0 Å². The van der Waals surface area contributed by atoms with Crippen LogP contribution in [0.15, 0.2) is 41.5 Å². The lowest BCUT2D eigenvalue weighted by atomic mass is 9.74. The number of nitrogens with zero attached hydrogens (tertiary/aromatic N) is 3. The Balaban J connectivity index is 1.59. The number of Topliss-reactive ketones (excluding diaryl/α,β-unsaturated/α-hetero) is 1. The number of rotatable bonds is 3. The first-order valence-electron chi connectivity index (χ1n) is 10.8. The fourth-order valence-electron chi connectivity index (χ4n) is 5.52. The Hall–Kier alpha value is -2.64. The summed E-state index contributed by atoms with van der Waals surface area (Å²) in [4.78, 5) is 15.3. The molecule has 0 saturated heterocycles. The number of ketones is 1. The number of hydrogen-bond donors (Lipinski definition) is 0. The average molecular weight is 418 g/mol. The highest BCUT2D eigenvalue weighted by molar-refractivity contribution is 6.33. The number of carbonyl (C=O) groups is 1. The molecule has 4 nitrogen and oxygen atoms in total. The highest BCUT2D eigenvalue weighted by Gasteiger charge is 2.45. The van der Waals surface area contributed by atoms with Crippen LogP contribution in [0.25, 0.3) is 4.85 Å². The smallest absolute Gasteiger partial charge is 0.205 e. The van der Waals surface area contributed by atoms with Gasteiger partial charge in [-0.15, -0.1) is 0 Å². The van der Waals surface area contributed by atoms with Crippen molar-refractivity contribution in [2.24, 2.45) is 16.9 Å². The standard InChI is InChI=1S/C25H24ClN3O/c1-15(30)17-7-10-20-18(13-17)8-11-21-24(20)28-29(25(21)16-5-3-4-6-16)19-9-12-23(27-2)22(26)14-19/h7,9-10,12-14,16,21,25H,3-6,8,11H2,1H3/t21-,25-/m0/s1. The zero-order chi connectivity index (χ0) is 20.8. The van der Waals surface area contributed by atoms with Crippen molar-refractivity contribution in [3.63, 3.8) is 0 Å². The maximum Gasteiger partial charge on any atom is 0.205 e. The van der Waals surface area contributed by atoms with E-state index in [9.17, 15) is 4.79 Å². The molecule has 0 amide bonds. The number of aryl methyl sites for hydroxylation is 1. The largest absolute Gasteiger partial charge is 0.295 e. The van der Waals surface area contributed by atoms with Crippen LogP contribution >= 0.6 is 11.6 Å². The Morgan fingerprint density at radius 2 is 1.97 bits per heavy atom. The van der Waals surface area contributed by atoms with Crippen LogP contribution in [0.3, 0.4) is 0 Å². The van der Waals surface area contributed by atoms with Gasteiger partial charge in [-0.2, -0.15) is 5.10 Å². The molecule has 0 unspecified atom stereocenters. The lowest BCUT2D eigenvalue weighted by molar-refractivity contribution is 0.101. The molecule has 2 aromatic carbocycles. The van der Waals surface area contributed by atoms with E-state index in [-0.39, 0.29) is 5.78 Å². The molecule has 0 spiro atoms. The van der Waals surface area contributed by atoms with Gasteiger partial charge < -0.3 is 0 Å². The van der Waals surface area contributed by atoms with Crippen molar-refractivity contribution in [2.45, 2.75) is 51.5 Å². The van der Waals surface area contributed by atoms with Crippen molar-refractivity contribution >= 4 is 34.5 Å². The summed E-state index contributed by atoms with van der Waals surface area (Å²) in [5.74, 6) is 1.12. The van der Waals surface area contributed by atoms with Crippen LogP contribution in [-0.2, 0) is 6.42 Å². The molecule has 1 aliphatic heterocycles. The van der Waals surface area contributed by atoms with E-state index < -0.39 is 0 Å². The molecule has 30 heavy (non-hydrogen) atoms. The van der Waals surface area contributed by atoms with Gasteiger partial charge in [0.1, 0.15) is 0 Å². The summed E-state index contributed by atoms with van der Waals surface area (Å²) in [7, 11) is 0. The maximum atomic E-state index is 11.8. The van der Waals surface area contributed by atoms with Crippen LogP contribution in [0.1, 0.15) is 60.5 Å². The highest BCUT2D eigenvalue weighted by atomic mass is 35.5. The number of benzene rings is 2. The van der Waals surface area contributed by atoms with E-state index in [0.717, 1.165) is 29.8 Å². The number of halogens is 1. The second-order valence-corrected chi connectivity index (χ2v) is 9.09. The maximum absolute atomic E-state index is 11.8. The predicted molar refractivity (Wildman–Crippen MR) is 121 cm³/mol. The van der Waals surface area contributed by atoms with E-state index in [1.165, 1.54) is 36.8 Å². The molecule has 152 valence electrons. The van der Waals surface area contributed by atoms with Gasteiger partial charge in [-0.1, -0.05) is 42.6 Å². The van der Waals surface area contributed by atoms with Crippen molar-refractivity contribution < 1.29 is 4.79 Å². The molecule has 0 radical (unpaired) electrons. The van der Waals surface area contributed by atoms with Gasteiger partial charge in [0.15, 0.2) is 5.78 Å². The third-order valence-electron chi connectivity index (χ3n) is 6.97. The third kappa shape index (κ3) is 3.13. The number of fused-ring (bicyclic) bond motifs is 3. The molecule has 1 saturated carbocycles. The van der Waals surface area contributed by atoms with Gasteiger partial charge in [-0.25, -0.2) is 4.85 Å². The Morgan fingerprint density at radius 3 is 2.67 bits per heavy atom. The van der Waals surface area contributed by atoms with Crippen LogP contribution in [0, 0.1) is 18.4 Å². The van der Waals surface area contributed by atoms with Crippen molar-refractivity contribution in [3.8, 4) is 0 Å². The first kappa shape index (κ1) is 19.3. The minimum atomic E-state index is 0.105. The van der Waals surface area contributed by atoms with Crippen molar-refractivity contribution in [1.29, 1.82) is 0 Å². The van der Waals surface area contributed by atoms with Crippen LogP contribution in [0.2, 0.25) is 5.02 Å². The fraction of sp³-hybridized carbons (Fsp3) is 0.400. The van der Waals surface area contributed by atoms with E-state index in [1.807, 2.05) is 24.3 Å². The zero-order valence-corrected chi connectivity index (χ0v) is 17.8. The molecule has 2 aromatic rings. The van der Waals surface area contributed by atoms with Crippen LogP contribution in [0.4, 0.5) is 11.4 Å². The van der Waals surface area contributed by atoms with Crippen molar-refractivity contribution in [3.05, 3.63) is 69.5 Å². The molecule has 0 N–H and O–H groups in total. The third-order valence-corrected chi connectivity index (χ3v) is 7.28. The van der Waals surface area contributed by atoms with Crippen LogP contribution in [-0.4, -0.2) is 17.5 Å². The topological polar surface area (TPSA) is 37.0 Å². The van der Waals surface area contributed by atoms with Crippen molar-refractivity contribution in [1.82, 2.24) is 0 Å². The Kier molecular flexibility index (Phi) is 4.87. The number of carbonyl (C=O) groups excluding carboxylic acids is 1. The summed E-state index contributed by atoms with van der Waals surface area (Å²) >= 11 is 6.38. The molecule has 0 bridgehead atoms. The lowest BCUT2D eigenvalue weighted by Gasteiger charge is -2.34. The molecule has 3 aliphatic rings. The van der Waals surface area contributed by atoms with Gasteiger partial charge in [-0.3, -0.25) is 9.80 Å². The molecule has 2 aliphatic carbocycles. The minimum absolute atomic E-state index is 0.105. The average Bonchev–Trinajstić information content (AvgIpc) is 3.40. The number of hydrazone groups is 1. The van der Waals surface area contributed by atoms with Gasteiger partial charge in [0, 0.05) is 22.1 Å². The van der Waals surface area contributed by atoms with E-state index >= 15 is 0 Å². The summed E-state index contributed by atoms with van der Waals surface area (Å²) in [6.07, 6.45) is 7.09. The normalized spacial score (nSPS) is 23.0. The number of anilines is 1. The molecule has 1 heterocycles. The molecular weight excluding hydrogens is 394 g/mol. The van der Waals surface area contributed by atoms with E-state index in [2.05, 4.69) is 15.9 Å². The van der Waals surface area contributed by atoms with E-state index in [0.29, 0.717) is 28.6 Å². The summed E-state index contributed by atoms with van der Waals surface area (Å²) in [6.45, 7) is 8.90. The van der Waals surface area contributed by atoms with Crippen molar-refractivity contribution in [2.75, 3.05) is 5.01 Å². The first-order chi connectivity index (χ1) is 14.6. The Morgan fingerprint density at radius 1 is 1.17 bits per heavy atom. The minimum Gasteiger partial charge on any atom is -0.295 e. The molecule has 1 fully saturated rings. The van der Waals surface area contributed by atoms with Crippen LogP contribution in [0.5, 0.6) is 0 Å². The molecule has 5 rings (SSSR count). The summed E-state index contributed by atoms with van der Waals surface area (Å²) in [5, 5.41) is 7.81. The summed E-state index contributed by atoms with van der Waals surface area (Å²) in [5.41, 5.74) is 5.78. The first-order valence-corrected chi connectivity index (χ1v) is 11.1. The molecule has 5 heteroatoms. The quantitative estimate of drug-likeness (QED) is 0.425. The number of hydrogen-bond acceptors (Lipinski definition) is 3. The second-order valence-electron chi connectivity index (χ2n) is 8.69. The van der Waals surface area contributed by atoms with Gasteiger partial charge in [0.2, 0.25) is 5.69 Å².